The zero-order valence-corrected chi connectivity index (χ0v) is 16.6. The molecule has 1 aromatic rings. The van der Waals surface area contributed by atoms with Crippen molar-refractivity contribution in [3.05, 3.63) is 29.8 Å². The smallest absolute Gasteiger partial charge is 0.296 e. The summed E-state index contributed by atoms with van der Waals surface area (Å²) < 4.78 is 30.6. The molecule has 0 bridgehead atoms. The summed E-state index contributed by atoms with van der Waals surface area (Å²) in [6, 6.07) is 6.72. The van der Waals surface area contributed by atoms with Crippen molar-refractivity contribution in [1.29, 1.82) is 0 Å². The SMILES string of the molecule is Cc1ccc(S(=O)(=O)OC[C@@]23CC[C@@H]2C(=O)[C@H]2CC(C)(C)C[C@H]2C3)cc1. The molecule has 4 atom stereocenters. The van der Waals surface area contributed by atoms with Gasteiger partial charge in [0.2, 0.25) is 0 Å². The zero-order valence-electron chi connectivity index (χ0n) is 15.8. The van der Waals surface area contributed by atoms with Gasteiger partial charge in [0.05, 0.1) is 11.5 Å². The van der Waals surface area contributed by atoms with Gasteiger partial charge in [-0.05, 0) is 62.5 Å². The molecule has 0 saturated heterocycles. The molecule has 0 aliphatic heterocycles. The van der Waals surface area contributed by atoms with Crippen LogP contribution >= 0.6 is 0 Å². The third-order valence-electron chi connectivity index (χ3n) is 7.02. The second kappa shape index (κ2) is 5.90. The van der Waals surface area contributed by atoms with Crippen LogP contribution in [0.5, 0.6) is 0 Å². The molecule has 4 rings (SSSR count). The van der Waals surface area contributed by atoms with Crippen molar-refractivity contribution >= 4 is 15.9 Å². The van der Waals surface area contributed by atoms with Crippen LogP contribution in [0.2, 0.25) is 0 Å². The van der Waals surface area contributed by atoms with Crippen molar-refractivity contribution in [1.82, 2.24) is 0 Å². The lowest BCUT2D eigenvalue weighted by Gasteiger charge is -2.54. The molecule has 0 unspecified atom stereocenters. The molecular formula is C21H28O4S. The van der Waals surface area contributed by atoms with Crippen molar-refractivity contribution in [2.24, 2.45) is 28.6 Å². The summed E-state index contributed by atoms with van der Waals surface area (Å²) in [5.74, 6) is 0.928. The summed E-state index contributed by atoms with van der Waals surface area (Å²) >= 11 is 0. The largest absolute Gasteiger partial charge is 0.299 e. The number of fused-ring (bicyclic) bond motifs is 2. The molecule has 5 heteroatoms. The minimum absolute atomic E-state index is 0.00846. The Morgan fingerprint density at radius 3 is 2.42 bits per heavy atom. The van der Waals surface area contributed by atoms with Gasteiger partial charge >= 0.3 is 0 Å². The van der Waals surface area contributed by atoms with Gasteiger partial charge < -0.3 is 0 Å². The van der Waals surface area contributed by atoms with Gasteiger partial charge in [-0.1, -0.05) is 31.5 Å². The first-order valence-electron chi connectivity index (χ1n) is 9.62. The molecular weight excluding hydrogens is 348 g/mol. The molecule has 0 aromatic heterocycles. The molecule has 0 radical (unpaired) electrons. The molecule has 0 N–H and O–H groups in total. The Balaban J connectivity index is 1.51. The minimum atomic E-state index is -3.78. The van der Waals surface area contributed by atoms with Crippen LogP contribution in [0, 0.1) is 35.5 Å². The van der Waals surface area contributed by atoms with E-state index in [1.807, 2.05) is 6.92 Å². The minimum Gasteiger partial charge on any atom is -0.299 e. The van der Waals surface area contributed by atoms with E-state index in [2.05, 4.69) is 13.8 Å². The van der Waals surface area contributed by atoms with E-state index in [1.165, 1.54) is 0 Å². The molecule has 3 fully saturated rings. The Morgan fingerprint density at radius 1 is 1.12 bits per heavy atom. The van der Waals surface area contributed by atoms with Crippen molar-refractivity contribution < 1.29 is 17.4 Å². The Morgan fingerprint density at radius 2 is 1.81 bits per heavy atom. The van der Waals surface area contributed by atoms with E-state index in [0.717, 1.165) is 37.7 Å². The summed E-state index contributed by atoms with van der Waals surface area (Å²) in [5.41, 5.74) is 0.954. The number of aryl methyl sites for hydroxylation is 1. The predicted molar refractivity (Wildman–Crippen MR) is 99.1 cm³/mol. The summed E-state index contributed by atoms with van der Waals surface area (Å²) in [5, 5.41) is 0. The Hall–Kier alpha value is -1.20. The molecule has 1 aromatic carbocycles. The summed E-state index contributed by atoms with van der Waals surface area (Å²) in [6.07, 6.45) is 4.75. The maximum absolute atomic E-state index is 13.0. The number of ketones is 1. The first-order valence-corrected chi connectivity index (χ1v) is 11.0. The topological polar surface area (TPSA) is 60.4 Å². The molecule has 4 nitrogen and oxygen atoms in total. The lowest BCUT2D eigenvalue weighted by Crippen LogP contribution is -2.55. The van der Waals surface area contributed by atoms with E-state index in [0.29, 0.717) is 11.7 Å². The first kappa shape index (κ1) is 18.2. The highest BCUT2D eigenvalue weighted by molar-refractivity contribution is 7.86. The van der Waals surface area contributed by atoms with Crippen molar-refractivity contribution in [3.8, 4) is 0 Å². The standard InChI is InChI=1S/C21H28O4S/c1-14-4-6-16(7-5-14)26(23,24)25-13-21-9-8-18(21)19(22)17-12-20(2,3)10-15(17)11-21/h4-7,15,17-18H,8-13H2,1-3H3/t15-,17-,18+,21-/m0/s1. The second-order valence-electron chi connectivity index (χ2n) is 9.53. The van der Waals surface area contributed by atoms with Crippen LogP contribution in [0.15, 0.2) is 29.2 Å². The Bertz CT molecular complexity index is 824. The number of hydrogen-bond acceptors (Lipinski definition) is 4. The lowest BCUT2D eigenvalue weighted by atomic mass is 9.50. The lowest BCUT2D eigenvalue weighted by molar-refractivity contribution is -0.153. The van der Waals surface area contributed by atoms with Crippen LogP contribution in [0.4, 0.5) is 0 Å². The van der Waals surface area contributed by atoms with E-state index in [1.54, 1.807) is 24.3 Å². The van der Waals surface area contributed by atoms with E-state index >= 15 is 0 Å². The number of carbonyl (C=O) groups excluding carboxylic acids is 1. The highest BCUT2D eigenvalue weighted by Crippen LogP contribution is 2.62. The average Bonchev–Trinajstić information content (AvgIpc) is 2.84. The Labute approximate surface area is 156 Å². The fraction of sp³-hybridized carbons (Fsp3) is 0.667. The second-order valence-corrected chi connectivity index (χ2v) is 11.1. The maximum Gasteiger partial charge on any atom is 0.296 e. The quantitative estimate of drug-likeness (QED) is 0.742. The van der Waals surface area contributed by atoms with E-state index in [9.17, 15) is 13.2 Å². The average molecular weight is 377 g/mol. The normalized spacial score (nSPS) is 35.5. The Kier molecular flexibility index (Phi) is 4.12. The zero-order chi connectivity index (χ0) is 18.7. The van der Waals surface area contributed by atoms with Crippen molar-refractivity contribution in [2.75, 3.05) is 6.61 Å². The van der Waals surface area contributed by atoms with Gasteiger partial charge in [-0.25, -0.2) is 0 Å². The first-order chi connectivity index (χ1) is 12.1. The van der Waals surface area contributed by atoms with Crippen LogP contribution in [-0.2, 0) is 19.1 Å². The van der Waals surface area contributed by atoms with Crippen molar-refractivity contribution in [3.63, 3.8) is 0 Å². The van der Waals surface area contributed by atoms with E-state index < -0.39 is 10.1 Å². The number of Topliss-reactive ketones (excluding diaryl/α,β-unsaturated/α-hetero) is 1. The molecule has 26 heavy (non-hydrogen) atoms. The van der Waals surface area contributed by atoms with Crippen molar-refractivity contribution in [2.45, 2.75) is 57.8 Å². The van der Waals surface area contributed by atoms with Gasteiger partial charge in [-0.3, -0.25) is 8.98 Å². The van der Waals surface area contributed by atoms with Gasteiger partial charge in [0.15, 0.2) is 0 Å². The van der Waals surface area contributed by atoms with E-state index in [-0.39, 0.29) is 34.2 Å². The number of carbonyl (C=O) groups is 1. The van der Waals surface area contributed by atoms with Crippen LogP contribution in [0.25, 0.3) is 0 Å². The molecule has 0 heterocycles. The highest BCUT2D eigenvalue weighted by atomic mass is 32.2. The van der Waals surface area contributed by atoms with Gasteiger partial charge in [-0.15, -0.1) is 0 Å². The molecule has 3 saturated carbocycles. The van der Waals surface area contributed by atoms with Crippen LogP contribution in [-0.4, -0.2) is 20.8 Å². The number of hydrogen-bond donors (Lipinski definition) is 0. The molecule has 3 aliphatic rings. The molecule has 0 spiro atoms. The van der Waals surface area contributed by atoms with Gasteiger partial charge in [0.1, 0.15) is 5.78 Å². The van der Waals surface area contributed by atoms with E-state index in [4.69, 9.17) is 4.18 Å². The number of rotatable bonds is 4. The summed E-state index contributed by atoms with van der Waals surface area (Å²) in [4.78, 5) is 13.2. The third-order valence-corrected chi connectivity index (χ3v) is 8.29. The van der Waals surface area contributed by atoms with Gasteiger partial charge in [0, 0.05) is 17.3 Å². The predicted octanol–water partition coefficient (Wildman–Crippen LogP) is 4.12. The molecule has 0 amide bonds. The fourth-order valence-electron chi connectivity index (χ4n) is 5.61. The van der Waals surface area contributed by atoms with Crippen LogP contribution < -0.4 is 0 Å². The summed E-state index contributed by atoms with van der Waals surface area (Å²) in [6.45, 7) is 6.54. The molecule has 3 aliphatic carbocycles. The van der Waals surface area contributed by atoms with Crippen LogP contribution in [0.1, 0.15) is 51.5 Å². The fourth-order valence-corrected chi connectivity index (χ4v) is 6.61. The highest BCUT2D eigenvalue weighted by Gasteiger charge is 2.61. The van der Waals surface area contributed by atoms with Crippen LogP contribution in [0.3, 0.4) is 0 Å². The van der Waals surface area contributed by atoms with Gasteiger partial charge in [-0.2, -0.15) is 8.42 Å². The summed E-state index contributed by atoms with van der Waals surface area (Å²) in [7, 11) is -3.78. The van der Waals surface area contributed by atoms with Gasteiger partial charge in [0.25, 0.3) is 10.1 Å². The third kappa shape index (κ3) is 2.93. The monoisotopic (exact) mass is 376 g/mol. The maximum atomic E-state index is 13.0. The number of benzene rings is 1. The molecule has 142 valence electrons.